The molecule has 1 aromatic rings. The number of nitrogens with one attached hydrogen (secondary N) is 1. The van der Waals surface area contributed by atoms with Gasteiger partial charge in [-0.25, -0.2) is 0 Å². The maximum absolute atomic E-state index is 3.26. The highest BCUT2D eigenvalue weighted by Gasteiger charge is 1.86. The van der Waals surface area contributed by atoms with Crippen LogP contribution < -0.4 is 10.6 Å². The van der Waals surface area contributed by atoms with Crippen molar-refractivity contribution in [2.45, 2.75) is 20.8 Å². The predicted octanol–water partition coefficient (Wildman–Crippen LogP) is 0.924. The van der Waals surface area contributed by atoms with E-state index in [1.54, 1.807) is 0 Å². The van der Waals surface area contributed by atoms with Crippen molar-refractivity contribution < 1.29 is 0 Å². The Bertz CT molecular complexity index is 285. The monoisotopic (exact) mass is 135 g/mol. The number of hydrogen-bond acceptors (Lipinski definition) is 0. The number of aromatic nitrogens is 1. The molecule has 54 valence electrons. The molecular weight excluding hydrogens is 122 g/mol. The van der Waals surface area contributed by atoms with E-state index in [0.29, 0.717) is 0 Å². The Morgan fingerprint density at radius 1 is 1.30 bits per heavy atom. The number of H-pyrrole nitrogens is 1. The molecule has 0 spiro atoms. The summed E-state index contributed by atoms with van der Waals surface area (Å²) in [6, 6.07) is 2.15. The standard InChI is InChI=1S/C9H13N/c1-4-8-6-7(3)10-9(8)5-2/h4-6,10H,1-3H3/b8-4-,9-5+. The lowest BCUT2D eigenvalue weighted by atomic mass is 10.3. The van der Waals surface area contributed by atoms with Crippen molar-refractivity contribution in [3.8, 4) is 0 Å². The smallest absolute Gasteiger partial charge is 0.0409 e. The molecule has 0 unspecified atom stereocenters. The predicted molar refractivity (Wildman–Crippen MR) is 45.1 cm³/mol. The third-order valence-electron chi connectivity index (χ3n) is 1.61. The minimum atomic E-state index is 1.22. The highest BCUT2D eigenvalue weighted by atomic mass is 14.7. The Kier molecular flexibility index (Phi) is 1.95. The summed E-state index contributed by atoms with van der Waals surface area (Å²) < 4.78 is 0. The maximum atomic E-state index is 3.26. The van der Waals surface area contributed by atoms with Crippen molar-refractivity contribution in [3.63, 3.8) is 0 Å². The number of aryl methyl sites for hydroxylation is 1. The molecule has 0 bridgehead atoms. The molecule has 10 heavy (non-hydrogen) atoms. The molecule has 1 heterocycles. The van der Waals surface area contributed by atoms with Gasteiger partial charge in [0.05, 0.1) is 0 Å². The van der Waals surface area contributed by atoms with Gasteiger partial charge in [-0.05, 0) is 32.1 Å². The van der Waals surface area contributed by atoms with Crippen LogP contribution >= 0.6 is 0 Å². The Morgan fingerprint density at radius 2 is 2.00 bits per heavy atom. The summed E-state index contributed by atoms with van der Waals surface area (Å²) in [7, 11) is 0. The van der Waals surface area contributed by atoms with Crippen LogP contribution in [0.4, 0.5) is 0 Å². The van der Waals surface area contributed by atoms with Gasteiger partial charge in [0.1, 0.15) is 0 Å². The van der Waals surface area contributed by atoms with Crippen LogP contribution in [-0.4, -0.2) is 4.98 Å². The first kappa shape index (κ1) is 7.13. The van der Waals surface area contributed by atoms with Crippen LogP contribution in [0.5, 0.6) is 0 Å². The molecule has 0 saturated carbocycles. The Hall–Kier alpha value is -0.980. The van der Waals surface area contributed by atoms with Gasteiger partial charge in [0.15, 0.2) is 0 Å². The summed E-state index contributed by atoms with van der Waals surface area (Å²) in [5.41, 5.74) is 1.22. The van der Waals surface area contributed by atoms with Crippen LogP contribution in [0.15, 0.2) is 6.07 Å². The summed E-state index contributed by atoms with van der Waals surface area (Å²) >= 11 is 0. The number of hydrogen-bond donors (Lipinski definition) is 1. The first-order valence-electron chi connectivity index (χ1n) is 3.56. The van der Waals surface area contributed by atoms with E-state index in [4.69, 9.17) is 0 Å². The molecule has 0 aliphatic carbocycles. The van der Waals surface area contributed by atoms with Gasteiger partial charge < -0.3 is 4.98 Å². The molecule has 1 N–H and O–H groups in total. The molecule has 0 fully saturated rings. The molecule has 0 atom stereocenters. The quantitative estimate of drug-likeness (QED) is 0.544. The Morgan fingerprint density at radius 3 is 2.40 bits per heavy atom. The largest absolute Gasteiger partial charge is 0.359 e. The van der Waals surface area contributed by atoms with E-state index in [9.17, 15) is 0 Å². The molecule has 0 amide bonds. The zero-order chi connectivity index (χ0) is 7.56. The van der Waals surface area contributed by atoms with Crippen LogP contribution in [0.2, 0.25) is 0 Å². The number of aromatic amines is 1. The van der Waals surface area contributed by atoms with Gasteiger partial charge in [0.2, 0.25) is 0 Å². The van der Waals surface area contributed by atoms with Crippen LogP contribution in [0.1, 0.15) is 19.5 Å². The topological polar surface area (TPSA) is 15.8 Å². The van der Waals surface area contributed by atoms with Crippen molar-refractivity contribution in [2.24, 2.45) is 0 Å². The number of rotatable bonds is 0. The molecule has 1 heteroatoms. The van der Waals surface area contributed by atoms with E-state index < -0.39 is 0 Å². The fraction of sp³-hybridized carbons (Fsp3) is 0.333. The summed E-state index contributed by atoms with van der Waals surface area (Å²) in [4.78, 5) is 3.26. The second-order valence-corrected chi connectivity index (χ2v) is 2.40. The molecule has 0 saturated heterocycles. The van der Waals surface area contributed by atoms with Gasteiger partial charge in [-0.3, -0.25) is 0 Å². The lowest BCUT2D eigenvalue weighted by Gasteiger charge is -1.75. The maximum Gasteiger partial charge on any atom is 0.0409 e. The van der Waals surface area contributed by atoms with Gasteiger partial charge in [-0.1, -0.05) is 12.2 Å². The first-order chi connectivity index (χ1) is 4.77. The molecule has 0 aliphatic rings. The van der Waals surface area contributed by atoms with E-state index in [2.05, 4.69) is 37.0 Å². The first-order valence-corrected chi connectivity index (χ1v) is 3.56. The van der Waals surface area contributed by atoms with E-state index in [1.807, 2.05) is 6.92 Å². The third kappa shape index (κ3) is 1.13. The van der Waals surface area contributed by atoms with Gasteiger partial charge >= 0.3 is 0 Å². The second kappa shape index (κ2) is 2.74. The summed E-state index contributed by atoms with van der Waals surface area (Å²) in [5, 5.41) is 2.51. The molecule has 1 nitrogen and oxygen atoms in total. The molecule has 0 radical (unpaired) electrons. The normalized spacial score (nSPS) is 14.7. The molecule has 1 aromatic heterocycles. The second-order valence-electron chi connectivity index (χ2n) is 2.40. The summed E-state index contributed by atoms with van der Waals surface area (Å²) in [6.07, 6.45) is 4.20. The van der Waals surface area contributed by atoms with Crippen molar-refractivity contribution in [3.05, 3.63) is 22.3 Å². The highest BCUT2D eigenvalue weighted by Crippen LogP contribution is 1.78. The lowest BCUT2D eigenvalue weighted by molar-refractivity contribution is 1.21. The highest BCUT2D eigenvalue weighted by molar-refractivity contribution is 5.27. The minimum Gasteiger partial charge on any atom is -0.359 e. The third-order valence-corrected chi connectivity index (χ3v) is 1.61. The molecule has 1 rings (SSSR count). The molecular formula is C9H13N. The molecule has 0 aliphatic heterocycles. The van der Waals surface area contributed by atoms with Crippen LogP contribution in [0, 0.1) is 6.92 Å². The average molecular weight is 135 g/mol. The van der Waals surface area contributed by atoms with Gasteiger partial charge in [0, 0.05) is 11.0 Å². The summed E-state index contributed by atoms with van der Waals surface area (Å²) in [6.45, 7) is 6.16. The SMILES string of the molecule is C/C=c1/cc(C)[nH]/c1=C/C. The minimum absolute atomic E-state index is 1.22. The Balaban J connectivity index is 3.53. The van der Waals surface area contributed by atoms with Crippen molar-refractivity contribution >= 4 is 12.2 Å². The molecule has 0 aromatic carbocycles. The van der Waals surface area contributed by atoms with E-state index in [-0.39, 0.29) is 0 Å². The van der Waals surface area contributed by atoms with Gasteiger partial charge in [0.25, 0.3) is 0 Å². The van der Waals surface area contributed by atoms with E-state index in [0.717, 1.165) is 0 Å². The fourth-order valence-electron chi connectivity index (χ4n) is 1.11. The zero-order valence-electron chi connectivity index (χ0n) is 6.73. The van der Waals surface area contributed by atoms with Crippen LogP contribution in [-0.2, 0) is 0 Å². The van der Waals surface area contributed by atoms with Crippen LogP contribution in [0.3, 0.4) is 0 Å². The van der Waals surface area contributed by atoms with Crippen LogP contribution in [0.25, 0.3) is 12.2 Å². The van der Waals surface area contributed by atoms with Crippen molar-refractivity contribution in [1.82, 2.24) is 4.98 Å². The zero-order valence-corrected chi connectivity index (χ0v) is 6.73. The van der Waals surface area contributed by atoms with Gasteiger partial charge in [-0.2, -0.15) is 0 Å². The van der Waals surface area contributed by atoms with Crippen molar-refractivity contribution in [2.75, 3.05) is 0 Å². The average Bonchev–Trinajstić information content (AvgIpc) is 2.30. The van der Waals surface area contributed by atoms with E-state index in [1.165, 1.54) is 16.3 Å². The fourth-order valence-corrected chi connectivity index (χ4v) is 1.11. The summed E-state index contributed by atoms with van der Waals surface area (Å²) in [5.74, 6) is 0. The Labute approximate surface area is 61.1 Å². The lowest BCUT2D eigenvalue weighted by Crippen LogP contribution is -2.20. The van der Waals surface area contributed by atoms with E-state index >= 15 is 0 Å². The van der Waals surface area contributed by atoms with Gasteiger partial charge in [-0.15, -0.1) is 0 Å². The van der Waals surface area contributed by atoms with Crippen molar-refractivity contribution in [1.29, 1.82) is 0 Å².